The highest BCUT2D eigenvalue weighted by atomic mass is 14.4. The van der Waals surface area contributed by atoms with Crippen molar-refractivity contribution in [1.29, 1.82) is 0 Å². The molecule has 0 fully saturated rings. The predicted molar refractivity (Wildman–Crippen MR) is 218 cm³/mol. The molecule has 10 rings (SSSR count). The van der Waals surface area contributed by atoms with Gasteiger partial charge in [0.25, 0.3) is 0 Å². The van der Waals surface area contributed by atoms with Crippen molar-refractivity contribution in [3.63, 3.8) is 0 Å². The van der Waals surface area contributed by atoms with Crippen molar-refractivity contribution in [3.8, 4) is 55.6 Å². The Kier molecular flexibility index (Phi) is 6.63. The van der Waals surface area contributed by atoms with E-state index in [9.17, 15) is 0 Å². The van der Waals surface area contributed by atoms with E-state index in [-0.39, 0.29) is 5.41 Å². The van der Waals surface area contributed by atoms with Crippen molar-refractivity contribution in [2.24, 2.45) is 0 Å². The molecule has 0 heteroatoms. The van der Waals surface area contributed by atoms with E-state index < -0.39 is 0 Å². The maximum absolute atomic E-state index is 2.39. The summed E-state index contributed by atoms with van der Waals surface area (Å²) in [4.78, 5) is 0. The fourth-order valence-electron chi connectivity index (χ4n) is 8.77. The third-order valence-corrected chi connectivity index (χ3v) is 11.3. The molecule has 1 aliphatic rings. The Morgan fingerprint density at radius 1 is 0.294 bits per heavy atom. The molecule has 51 heavy (non-hydrogen) atoms. The molecule has 0 aromatic heterocycles. The summed E-state index contributed by atoms with van der Waals surface area (Å²) in [6, 6.07) is 67.4. The molecule has 0 amide bonds. The highest BCUT2D eigenvalue weighted by molar-refractivity contribution is 6.22. The molecular formula is C51H36. The first-order valence-corrected chi connectivity index (χ1v) is 17.9. The third kappa shape index (κ3) is 4.60. The van der Waals surface area contributed by atoms with Crippen LogP contribution in [0.1, 0.15) is 25.0 Å². The van der Waals surface area contributed by atoms with E-state index in [0.29, 0.717) is 0 Å². The van der Waals surface area contributed by atoms with Crippen molar-refractivity contribution in [3.05, 3.63) is 193 Å². The van der Waals surface area contributed by atoms with Gasteiger partial charge in [-0.15, -0.1) is 0 Å². The number of benzene rings is 9. The lowest BCUT2D eigenvalue weighted by atomic mass is 9.82. The predicted octanol–water partition coefficient (Wildman–Crippen LogP) is 14.1. The Morgan fingerprint density at radius 3 is 1.49 bits per heavy atom. The molecule has 0 radical (unpaired) electrons. The average Bonchev–Trinajstić information content (AvgIpc) is 3.42. The quantitative estimate of drug-likeness (QED) is 0.167. The molecule has 9 aromatic carbocycles. The SMILES string of the molecule is CC1(C)c2ccccc2-c2cc(-c3ccc(-c4c5ccccc5c(-c5ccccc5-c5ccc6ccccc6c5)c5ccccc45)cc3)ccc21. The Bertz CT molecular complexity index is 2760. The van der Waals surface area contributed by atoms with E-state index >= 15 is 0 Å². The second kappa shape index (κ2) is 11.4. The Labute approximate surface area is 299 Å². The maximum Gasteiger partial charge on any atom is 0.0158 e. The molecule has 0 N–H and O–H groups in total. The summed E-state index contributed by atoms with van der Waals surface area (Å²) in [5, 5.41) is 7.58. The summed E-state index contributed by atoms with van der Waals surface area (Å²) < 4.78 is 0. The summed E-state index contributed by atoms with van der Waals surface area (Å²) in [6.45, 7) is 4.68. The number of rotatable bonds is 4. The lowest BCUT2D eigenvalue weighted by Crippen LogP contribution is -2.14. The van der Waals surface area contributed by atoms with Gasteiger partial charge >= 0.3 is 0 Å². The van der Waals surface area contributed by atoms with Gasteiger partial charge in [-0.2, -0.15) is 0 Å². The molecule has 0 nitrogen and oxygen atoms in total. The van der Waals surface area contributed by atoms with Gasteiger partial charge in [0.2, 0.25) is 0 Å². The van der Waals surface area contributed by atoms with Gasteiger partial charge in [-0.1, -0.05) is 184 Å². The van der Waals surface area contributed by atoms with Crippen molar-refractivity contribution in [2.75, 3.05) is 0 Å². The zero-order valence-corrected chi connectivity index (χ0v) is 28.8. The van der Waals surface area contributed by atoms with Crippen LogP contribution in [0.4, 0.5) is 0 Å². The topological polar surface area (TPSA) is 0 Å². The minimum atomic E-state index is 0.0125. The van der Waals surface area contributed by atoms with Gasteiger partial charge in [-0.25, -0.2) is 0 Å². The van der Waals surface area contributed by atoms with E-state index in [2.05, 4.69) is 196 Å². The van der Waals surface area contributed by atoms with Crippen LogP contribution in [0.2, 0.25) is 0 Å². The molecule has 0 heterocycles. The maximum atomic E-state index is 2.39. The van der Waals surface area contributed by atoms with Crippen LogP contribution in [0.25, 0.3) is 88.0 Å². The molecule has 9 aromatic rings. The van der Waals surface area contributed by atoms with Crippen LogP contribution in [0.5, 0.6) is 0 Å². The third-order valence-electron chi connectivity index (χ3n) is 11.3. The van der Waals surface area contributed by atoms with Crippen LogP contribution in [-0.4, -0.2) is 0 Å². The summed E-state index contributed by atoms with van der Waals surface area (Å²) >= 11 is 0. The van der Waals surface area contributed by atoms with E-state index in [1.54, 1.807) is 0 Å². The van der Waals surface area contributed by atoms with Crippen molar-refractivity contribution < 1.29 is 0 Å². The molecule has 0 bridgehead atoms. The first kappa shape index (κ1) is 29.7. The van der Waals surface area contributed by atoms with Crippen molar-refractivity contribution in [2.45, 2.75) is 19.3 Å². The largest absolute Gasteiger partial charge is 0.0619 e. The first-order chi connectivity index (χ1) is 25.1. The monoisotopic (exact) mass is 648 g/mol. The fraction of sp³-hybridized carbons (Fsp3) is 0.0588. The van der Waals surface area contributed by atoms with E-state index in [4.69, 9.17) is 0 Å². The molecule has 0 unspecified atom stereocenters. The summed E-state index contributed by atoms with van der Waals surface area (Å²) in [5.74, 6) is 0. The van der Waals surface area contributed by atoms with E-state index in [1.807, 2.05) is 0 Å². The molecule has 1 aliphatic carbocycles. The summed E-state index contributed by atoms with van der Waals surface area (Å²) in [6.07, 6.45) is 0. The smallest absolute Gasteiger partial charge is 0.0158 e. The van der Waals surface area contributed by atoms with Gasteiger partial charge in [-0.05, 0) is 111 Å². The lowest BCUT2D eigenvalue weighted by molar-refractivity contribution is 0.660. The van der Waals surface area contributed by atoms with Gasteiger partial charge < -0.3 is 0 Å². The molecule has 0 saturated carbocycles. The highest BCUT2D eigenvalue weighted by Crippen LogP contribution is 2.50. The molecule has 0 saturated heterocycles. The fourth-order valence-corrected chi connectivity index (χ4v) is 8.77. The van der Waals surface area contributed by atoms with Crippen molar-refractivity contribution >= 4 is 32.3 Å². The lowest BCUT2D eigenvalue weighted by Gasteiger charge is -2.21. The number of hydrogen-bond donors (Lipinski definition) is 0. The highest BCUT2D eigenvalue weighted by Gasteiger charge is 2.35. The minimum absolute atomic E-state index is 0.0125. The second-order valence-electron chi connectivity index (χ2n) is 14.5. The van der Waals surface area contributed by atoms with E-state index in [0.717, 1.165) is 0 Å². The van der Waals surface area contributed by atoms with Crippen LogP contribution in [0.3, 0.4) is 0 Å². The number of fused-ring (bicyclic) bond motifs is 6. The summed E-state index contributed by atoms with van der Waals surface area (Å²) in [5.41, 5.74) is 15.6. The Balaban J connectivity index is 1.13. The van der Waals surface area contributed by atoms with Crippen LogP contribution >= 0.6 is 0 Å². The van der Waals surface area contributed by atoms with Gasteiger partial charge in [-0.3, -0.25) is 0 Å². The van der Waals surface area contributed by atoms with Crippen LogP contribution in [0.15, 0.2) is 182 Å². The standard InChI is InChI=1S/C51H36/c1-51(2)47-22-12-11-16-40(47)46-32-37(29-30-48(46)51)34-23-26-35(27-24-34)49-42-18-7-9-20-44(42)50(45-21-10-8-19-43(45)49)41-17-6-5-15-39(41)38-28-25-33-13-3-4-14-36(33)31-38/h3-32H,1-2H3. The van der Waals surface area contributed by atoms with Crippen LogP contribution in [0, 0.1) is 0 Å². The van der Waals surface area contributed by atoms with Gasteiger partial charge in [0.1, 0.15) is 0 Å². The normalized spacial score (nSPS) is 13.1. The number of hydrogen-bond acceptors (Lipinski definition) is 0. The minimum Gasteiger partial charge on any atom is -0.0619 e. The molecule has 0 aliphatic heterocycles. The average molecular weight is 649 g/mol. The molecule has 0 atom stereocenters. The van der Waals surface area contributed by atoms with Crippen LogP contribution < -0.4 is 0 Å². The van der Waals surface area contributed by atoms with Crippen molar-refractivity contribution in [1.82, 2.24) is 0 Å². The summed E-state index contributed by atoms with van der Waals surface area (Å²) in [7, 11) is 0. The zero-order chi connectivity index (χ0) is 34.1. The van der Waals surface area contributed by atoms with Gasteiger partial charge in [0, 0.05) is 5.41 Å². The van der Waals surface area contributed by atoms with Gasteiger partial charge in [0.05, 0.1) is 0 Å². The first-order valence-electron chi connectivity index (χ1n) is 17.9. The Hall–Kier alpha value is -6.24. The van der Waals surface area contributed by atoms with Gasteiger partial charge in [0.15, 0.2) is 0 Å². The van der Waals surface area contributed by atoms with Crippen LogP contribution in [-0.2, 0) is 5.41 Å². The molecule has 0 spiro atoms. The zero-order valence-electron chi connectivity index (χ0n) is 28.8. The second-order valence-corrected chi connectivity index (χ2v) is 14.5. The molecular weight excluding hydrogens is 613 g/mol. The van der Waals surface area contributed by atoms with E-state index in [1.165, 1.54) is 99.1 Å². The Morgan fingerprint density at radius 2 is 0.784 bits per heavy atom. The molecule has 240 valence electrons.